The third-order valence-corrected chi connectivity index (χ3v) is 3.02. The van der Waals surface area contributed by atoms with Gasteiger partial charge in [-0.15, -0.1) is 0 Å². The van der Waals surface area contributed by atoms with Crippen molar-refractivity contribution in [3.8, 4) is 5.75 Å². The van der Waals surface area contributed by atoms with Gasteiger partial charge < -0.3 is 15.4 Å². The predicted molar refractivity (Wildman–Crippen MR) is 73.4 cm³/mol. The van der Waals surface area contributed by atoms with Crippen LogP contribution in [0.4, 0.5) is 0 Å². The van der Waals surface area contributed by atoms with Gasteiger partial charge in [-0.1, -0.05) is 0 Å². The lowest BCUT2D eigenvalue weighted by Crippen LogP contribution is -2.43. The summed E-state index contributed by atoms with van der Waals surface area (Å²) in [6.07, 6.45) is 3.55. The summed E-state index contributed by atoms with van der Waals surface area (Å²) < 4.78 is 5.62. The lowest BCUT2D eigenvalue weighted by molar-refractivity contribution is 0.0918. The number of hydrogen-bond acceptors (Lipinski definition) is 4. The van der Waals surface area contributed by atoms with Gasteiger partial charge in [0.2, 0.25) is 0 Å². The van der Waals surface area contributed by atoms with Crippen LogP contribution in [0.1, 0.15) is 37.2 Å². The second-order valence-corrected chi connectivity index (χ2v) is 5.01. The Balaban J connectivity index is 2.05. The van der Waals surface area contributed by atoms with Crippen molar-refractivity contribution in [1.82, 2.24) is 15.6 Å². The molecule has 0 aliphatic carbocycles. The van der Waals surface area contributed by atoms with E-state index in [0.29, 0.717) is 11.4 Å². The van der Waals surface area contributed by atoms with Crippen LogP contribution in [0.2, 0.25) is 0 Å². The van der Waals surface area contributed by atoms with E-state index >= 15 is 0 Å². The molecule has 1 aliphatic heterocycles. The fourth-order valence-corrected chi connectivity index (χ4v) is 2.13. The van der Waals surface area contributed by atoms with Gasteiger partial charge in [0.05, 0.1) is 6.10 Å². The highest BCUT2D eigenvalue weighted by Crippen LogP contribution is 2.17. The van der Waals surface area contributed by atoms with E-state index < -0.39 is 0 Å². The zero-order valence-corrected chi connectivity index (χ0v) is 11.5. The zero-order valence-electron chi connectivity index (χ0n) is 11.5. The van der Waals surface area contributed by atoms with Crippen LogP contribution < -0.4 is 15.4 Å². The summed E-state index contributed by atoms with van der Waals surface area (Å²) in [4.78, 5) is 16.4. The van der Waals surface area contributed by atoms with E-state index in [0.717, 1.165) is 25.9 Å². The molecule has 0 bridgehead atoms. The third-order valence-electron chi connectivity index (χ3n) is 3.02. The second kappa shape index (κ2) is 6.52. The van der Waals surface area contributed by atoms with Gasteiger partial charge in [0.15, 0.2) is 11.4 Å². The van der Waals surface area contributed by atoms with Gasteiger partial charge in [0.25, 0.3) is 5.91 Å². The molecule has 0 spiro atoms. The minimum atomic E-state index is -0.150. The first-order chi connectivity index (χ1) is 9.16. The molecular weight excluding hydrogens is 242 g/mol. The van der Waals surface area contributed by atoms with Gasteiger partial charge in [-0.2, -0.15) is 0 Å². The number of carbonyl (C=O) groups is 1. The molecular formula is C14H21N3O2. The predicted octanol–water partition coefficient (Wildman–Crippen LogP) is 1.35. The van der Waals surface area contributed by atoms with Gasteiger partial charge >= 0.3 is 0 Å². The number of piperidine rings is 1. The highest BCUT2D eigenvalue weighted by atomic mass is 16.5. The monoisotopic (exact) mass is 263 g/mol. The summed E-state index contributed by atoms with van der Waals surface area (Å²) in [5.41, 5.74) is 0.370. The fraction of sp³-hybridized carbons (Fsp3) is 0.571. The number of pyridine rings is 1. The Morgan fingerprint density at radius 2 is 2.21 bits per heavy atom. The number of amides is 1. The van der Waals surface area contributed by atoms with E-state index in [1.165, 1.54) is 0 Å². The van der Waals surface area contributed by atoms with Gasteiger partial charge in [0, 0.05) is 12.2 Å². The quantitative estimate of drug-likeness (QED) is 0.860. The number of aromatic nitrogens is 1. The maximum Gasteiger partial charge on any atom is 0.273 e. The molecule has 1 saturated heterocycles. The van der Waals surface area contributed by atoms with Gasteiger partial charge in [-0.05, 0) is 51.9 Å². The van der Waals surface area contributed by atoms with Gasteiger partial charge in [-0.25, -0.2) is 4.98 Å². The van der Waals surface area contributed by atoms with Crippen LogP contribution >= 0.6 is 0 Å². The Hall–Kier alpha value is -1.62. The molecule has 1 amide bonds. The summed E-state index contributed by atoms with van der Waals surface area (Å²) in [6.45, 7) is 5.76. The average molecular weight is 263 g/mol. The zero-order chi connectivity index (χ0) is 13.7. The Kier molecular flexibility index (Phi) is 4.74. The van der Waals surface area contributed by atoms with Crippen LogP contribution in [-0.4, -0.2) is 36.1 Å². The summed E-state index contributed by atoms with van der Waals surface area (Å²) >= 11 is 0. The molecule has 1 fully saturated rings. The van der Waals surface area contributed by atoms with E-state index in [1.54, 1.807) is 18.3 Å². The molecule has 0 radical (unpaired) electrons. The van der Waals surface area contributed by atoms with Crippen LogP contribution in [0, 0.1) is 0 Å². The Morgan fingerprint density at radius 1 is 1.47 bits per heavy atom. The summed E-state index contributed by atoms with van der Waals surface area (Å²) in [5.74, 6) is 0.395. The second-order valence-electron chi connectivity index (χ2n) is 5.01. The van der Waals surface area contributed by atoms with Crippen LogP contribution in [0.15, 0.2) is 18.3 Å². The smallest absolute Gasteiger partial charge is 0.273 e. The minimum absolute atomic E-state index is 0.0228. The van der Waals surface area contributed by atoms with Crippen LogP contribution in [0.5, 0.6) is 5.75 Å². The molecule has 1 aromatic heterocycles. The molecule has 5 nitrogen and oxygen atoms in total. The molecule has 2 N–H and O–H groups in total. The molecule has 0 unspecified atom stereocenters. The van der Waals surface area contributed by atoms with Crippen LogP contribution in [-0.2, 0) is 0 Å². The van der Waals surface area contributed by atoms with Crippen molar-refractivity contribution in [2.45, 2.75) is 38.8 Å². The SMILES string of the molecule is CC(C)Oc1cccnc1C(=O)NC1CCNCC1. The Labute approximate surface area is 113 Å². The number of ether oxygens (including phenoxy) is 1. The number of carbonyl (C=O) groups excluding carboxylic acids is 1. The lowest BCUT2D eigenvalue weighted by Gasteiger charge is -2.24. The lowest BCUT2D eigenvalue weighted by atomic mass is 10.1. The number of hydrogen-bond donors (Lipinski definition) is 2. The maximum absolute atomic E-state index is 12.2. The topological polar surface area (TPSA) is 63.2 Å². The van der Waals surface area contributed by atoms with Crippen molar-refractivity contribution < 1.29 is 9.53 Å². The number of nitrogens with one attached hydrogen (secondary N) is 2. The molecule has 0 saturated carbocycles. The van der Waals surface area contributed by atoms with E-state index in [2.05, 4.69) is 15.6 Å². The summed E-state index contributed by atoms with van der Waals surface area (Å²) in [7, 11) is 0. The third kappa shape index (κ3) is 3.92. The standard InChI is InChI=1S/C14H21N3O2/c1-10(2)19-12-4-3-7-16-13(12)14(18)17-11-5-8-15-9-6-11/h3-4,7,10-11,15H,5-6,8-9H2,1-2H3,(H,17,18). The van der Waals surface area contributed by atoms with Crippen molar-refractivity contribution in [2.75, 3.05) is 13.1 Å². The van der Waals surface area contributed by atoms with Crippen molar-refractivity contribution >= 4 is 5.91 Å². The Morgan fingerprint density at radius 3 is 2.89 bits per heavy atom. The normalized spacial score (nSPS) is 16.4. The first kappa shape index (κ1) is 13.8. The molecule has 2 heterocycles. The van der Waals surface area contributed by atoms with E-state index in [9.17, 15) is 4.79 Å². The molecule has 5 heteroatoms. The van der Waals surface area contributed by atoms with E-state index in [4.69, 9.17) is 4.74 Å². The molecule has 19 heavy (non-hydrogen) atoms. The molecule has 104 valence electrons. The first-order valence-corrected chi connectivity index (χ1v) is 6.80. The Bertz CT molecular complexity index is 428. The van der Waals surface area contributed by atoms with Crippen molar-refractivity contribution in [3.05, 3.63) is 24.0 Å². The maximum atomic E-state index is 12.2. The van der Waals surface area contributed by atoms with E-state index in [1.807, 2.05) is 13.8 Å². The highest BCUT2D eigenvalue weighted by molar-refractivity contribution is 5.95. The summed E-state index contributed by atoms with van der Waals surface area (Å²) in [5, 5.41) is 6.30. The van der Waals surface area contributed by atoms with Crippen molar-refractivity contribution in [2.24, 2.45) is 0 Å². The van der Waals surface area contributed by atoms with Crippen LogP contribution in [0.25, 0.3) is 0 Å². The molecule has 0 aromatic carbocycles. The van der Waals surface area contributed by atoms with Crippen LogP contribution in [0.3, 0.4) is 0 Å². The molecule has 1 aromatic rings. The van der Waals surface area contributed by atoms with E-state index in [-0.39, 0.29) is 18.1 Å². The average Bonchev–Trinajstić information content (AvgIpc) is 2.39. The number of nitrogens with zero attached hydrogens (tertiary/aromatic N) is 1. The van der Waals surface area contributed by atoms with Gasteiger partial charge in [0.1, 0.15) is 0 Å². The van der Waals surface area contributed by atoms with Crippen molar-refractivity contribution in [3.63, 3.8) is 0 Å². The largest absolute Gasteiger partial charge is 0.489 e. The van der Waals surface area contributed by atoms with Gasteiger partial charge in [-0.3, -0.25) is 4.79 Å². The highest BCUT2D eigenvalue weighted by Gasteiger charge is 2.20. The molecule has 2 rings (SSSR count). The molecule has 0 atom stereocenters. The fourth-order valence-electron chi connectivity index (χ4n) is 2.13. The minimum Gasteiger partial charge on any atom is -0.489 e. The van der Waals surface area contributed by atoms with Crippen molar-refractivity contribution in [1.29, 1.82) is 0 Å². The summed E-state index contributed by atoms with van der Waals surface area (Å²) in [6, 6.07) is 3.78. The first-order valence-electron chi connectivity index (χ1n) is 6.80. The number of rotatable bonds is 4. The molecule has 1 aliphatic rings.